The number of rotatable bonds is 6. The fourth-order valence-electron chi connectivity index (χ4n) is 4.42. The summed E-state index contributed by atoms with van der Waals surface area (Å²) < 4.78 is 21.3. The highest BCUT2D eigenvalue weighted by molar-refractivity contribution is 5.61. The van der Waals surface area contributed by atoms with Gasteiger partial charge in [-0.15, -0.1) is 5.10 Å². The van der Waals surface area contributed by atoms with Crippen LogP contribution in [0.2, 0.25) is 0 Å². The SMILES string of the molecule is COc1ccc(F)cc1[C@H]1CCCN1c1ccc2ncc(-c3cc(CCO)ccn3)n2n1. The average molecular weight is 433 g/mol. The Kier molecular flexibility index (Phi) is 5.45. The molecular formula is C24H24FN5O2. The van der Waals surface area contributed by atoms with Gasteiger partial charge in [-0.3, -0.25) is 4.98 Å². The van der Waals surface area contributed by atoms with E-state index in [1.54, 1.807) is 36.2 Å². The number of nitrogens with zero attached hydrogens (tertiary/aromatic N) is 5. The minimum Gasteiger partial charge on any atom is -0.496 e. The summed E-state index contributed by atoms with van der Waals surface area (Å²) in [6, 6.07) is 12.3. The zero-order valence-electron chi connectivity index (χ0n) is 17.8. The summed E-state index contributed by atoms with van der Waals surface area (Å²) in [4.78, 5) is 11.2. The van der Waals surface area contributed by atoms with Gasteiger partial charge in [0.1, 0.15) is 23.1 Å². The number of hydrogen-bond acceptors (Lipinski definition) is 6. The van der Waals surface area contributed by atoms with Crippen molar-refractivity contribution in [1.82, 2.24) is 19.6 Å². The molecule has 0 aliphatic carbocycles. The first-order valence-electron chi connectivity index (χ1n) is 10.7. The standard InChI is InChI=1S/C24H24FN5O2/c1-32-22-5-4-17(25)14-18(22)20-3-2-11-29(20)24-7-6-23-27-15-21(30(23)28-24)19-13-16(9-12-31)8-10-26-19/h4-8,10,13-15,20,31H,2-3,9,11-12H2,1H3/t20-/m1/s1. The molecule has 1 aliphatic rings. The van der Waals surface area contributed by atoms with Crippen LogP contribution in [0.15, 0.2) is 54.9 Å². The van der Waals surface area contributed by atoms with Crippen LogP contribution in [0.5, 0.6) is 5.75 Å². The third kappa shape index (κ3) is 3.67. The third-order valence-corrected chi connectivity index (χ3v) is 5.93. The Morgan fingerprint density at radius 1 is 1.16 bits per heavy atom. The second-order valence-corrected chi connectivity index (χ2v) is 7.87. The summed E-state index contributed by atoms with van der Waals surface area (Å²) in [5, 5.41) is 14.1. The molecule has 4 heterocycles. The summed E-state index contributed by atoms with van der Waals surface area (Å²) in [5.74, 6) is 1.19. The molecule has 3 aromatic heterocycles. The monoisotopic (exact) mass is 433 g/mol. The first-order chi connectivity index (χ1) is 15.7. The fourth-order valence-corrected chi connectivity index (χ4v) is 4.42. The molecule has 0 radical (unpaired) electrons. The molecule has 0 unspecified atom stereocenters. The molecule has 7 nitrogen and oxygen atoms in total. The highest BCUT2D eigenvalue weighted by Crippen LogP contribution is 2.39. The Hall–Kier alpha value is -3.52. The number of methoxy groups -OCH3 is 1. The molecule has 1 fully saturated rings. The maximum absolute atomic E-state index is 14.0. The lowest BCUT2D eigenvalue weighted by atomic mass is 10.0. The zero-order valence-corrected chi connectivity index (χ0v) is 17.8. The van der Waals surface area contributed by atoms with Gasteiger partial charge in [-0.1, -0.05) is 0 Å². The Morgan fingerprint density at radius 2 is 2.06 bits per heavy atom. The van der Waals surface area contributed by atoms with Gasteiger partial charge in [0.15, 0.2) is 5.65 Å². The van der Waals surface area contributed by atoms with Gasteiger partial charge >= 0.3 is 0 Å². The van der Waals surface area contributed by atoms with Crippen molar-refractivity contribution in [3.8, 4) is 17.1 Å². The molecule has 1 aromatic carbocycles. The van der Waals surface area contributed by atoms with Crippen LogP contribution in [-0.2, 0) is 6.42 Å². The first-order valence-corrected chi connectivity index (χ1v) is 10.7. The van der Waals surface area contributed by atoms with Crippen LogP contribution >= 0.6 is 0 Å². The number of halogens is 1. The van der Waals surface area contributed by atoms with E-state index in [2.05, 4.69) is 14.9 Å². The van der Waals surface area contributed by atoms with Gasteiger partial charge in [0.25, 0.3) is 0 Å². The lowest BCUT2D eigenvalue weighted by Crippen LogP contribution is -2.24. The number of anilines is 1. The molecule has 0 bridgehead atoms. The predicted molar refractivity (Wildman–Crippen MR) is 119 cm³/mol. The van der Waals surface area contributed by atoms with Gasteiger partial charge < -0.3 is 14.7 Å². The quantitative estimate of drug-likeness (QED) is 0.498. The Morgan fingerprint density at radius 3 is 2.91 bits per heavy atom. The number of fused-ring (bicyclic) bond motifs is 1. The van der Waals surface area contributed by atoms with E-state index in [1.807, 2.05) is 24.3 Å². The number of benzene rings is 1. The van der Waals surface area contributed by atoms with Gasteiger partial charge in [0.2, 0.25) is 0 Å². The number of aromatic nitrogens is 4. The van der Waals surface area contributed by atoms with E-state index in [1.165, 1.54) is 6.07 Å². The fraction of sp³-hybridized carbons (Fsp3) is 0.292. The van der Waals surface area contributed by atoms with E-state index in [4.69, 9.17) is 9.84 Å². The lowest BCUT2D eigenvalue weighted by Gasteiger charge is -2.27. The van der Waals surface area contributed by atoms with Crippen molar-refractivity contribution in [2.24, 2.45) is 0 Å². The zero-order chi connectivity index (χ0) is 22.1. The topological polar surface area (TPSA) is 75.8 Å². The smallest absolute Gasteiger partial charge is 0.154 e. The van der Waals surface area contributed by atoms with E-state index in [-0.39, 0.29) is 18.5 Å². The van der Waals surface area contributed by atoms with Crippen molar-refractivity contribution in [3.63, 3.8) is 0 Å². The molecule has 164 valence electrons. The second-order valence-electron chi connectivity index (χ2n) is 7.87. The number of ether oxygens (including phenoxy) is 1. The number of aliphatic hydroxyl groups is 1. The minimum absolute atomic E-state index is 0.0245. The maximum Gasteiger partial charge on any atom is 0.154 e. The van der Waals surface area contributed by atoms with Crippen LogP contribution in [0.3, 0.4) is 0 Å². The van der Waals surface area contributed by atoms with Crippen LogP contribution in [0.4, 0.5) is 10.2 Å². The van der Waals surface area contributed by atoms with Crippen LogP contribution < -0.4 is 9.64 Å². The summed E-state index contributed by atoms with van der Waals surface area (Å²) in [7, 11) is 1.61. The Bertz CT molecular complexity index is 1260. The number of imidazole rings is 1. The maximum atomic E-state index is 14.0. The molecule has 32 heavy (non-hydrogen) atoms. The van der Waals surface area contributed by atoms with Crippen molar-refractivity contribution in [1.29, 1.82) is 0 Å². The van der Waals surface area contributed by atoms with Crippen molar-refractivity contribution in [2.45, 2.75) is 25.3 Å². The van der Waals surface area contributed by atoms with Crippen molar-refractivity contribution < 1.29 is 14.2 Å². The summed E-state index contributed by atoms with van der Waals surface area (Å²) in [6.07, 6.45) is 5.92. The molecule has 8 heteroatoms. The molecule has 1 atom stereocenters. The average Bonchev–Trinajstić information content (AvgIpc) is 3.46. The van der Waals surface area contributed by atoms with E-state index < -0.39 is 0 Å². The first kappa shape index (κ1) is 20.4. The van der Waals surface area contributed by atoms with Gasteiger partial charge in [0.05, 0.1) is 25.0 Å². The van der Waals surface area contributed by atoms with Gasteiger partial charge in [-0.05, 0) is 67.3 Å². The third-order valence-electron chi connectivity index (χ3n) is 5.93. The van der Waals surface area contributed by atoms with Gasteiger partial charge in [0, 0.05) is 24.9 Å². The second kappa shape index (κ2) is 8.55. The van der Waals surface area contributed by atoms with E-state index in [9.17, 15) is 9.50 Å². The molecule has 1 aliphatic heterocycles. The Labute approximate surface area is 185 Å². The predicted octanol–water partition coefficient (Wildman–Crippen LogP) is 3.82. The van der Waals surface area contributed by atoms with E-state index >= 15 is 0 Å². The highest BCUT2D eigenvalue weighted by atomic mass is 19.1. The molecule has 4 aromatic rings. The largest absolute Gasteiger partial charge is 0.496 e. The van der Waals surface area contributed by atoms with Crippen molar-refractivity contribution >= 4 is 11.5 Å². The van der Waals surface area contributed by atoms with Crippen LogP contribution in [0, 0.1) is 5.82 Å². The summed E-state index contributed by atoms with van der Waals surface area (Å²) in [5.41, 5.74) is 4.08. The molecule has 1 N–H and O–H groups in total. The lowest BCUT2D eigenvalue weighted by molar-refractivity contribution is 0.299. The van der Waals surface area contributed by atoms with Gasteiger partial charge in [-0.25, -0.2) is 13.9 Å². The normalized spacial score (nSPS) is 16.1. The molecule has 1 saturated heterocycles. The Balaban J connectivity index is 1.55. The van der Waals surface area contributed by atoms with E-state index in [0.29, 0.717) is 12.2 Å². The summed E-state index contributed by atoms with van der Waals surface area (Å²) >= 11 is 0. The van der Waals surface area contributed by atoms with Gasteiger partial charge in [-0.2, -0.15) is 0 Å². The van der Waals surface area contributed by atoms with E-state index in [0.717, 1.165) is 53.4 Å². The molecular weight excluding hydrogens is 409 g/mol. The number of pyridine rings is 1. The molecule has 0 spiro atoms. The van der Waals surface area contributed by atoms with Crippen LogP contribution in [-0.4, -0.2) is 45.0 Å². The minimum atomic E-state index is -0.276. The number of aliphatic hydroxyl groups excluding tert-OH is 1. The molecule has 5 rings (SSSR count). The van der Waals surface area contributed by atoms with Crippen LogP contribution in [0.25, 0.3) is 17.0 Å². The highest BCUT2D eigenvalue weighted by Gasteiger charge is 2.30. The van der Waals surface area contributed by atoms with Crippen molar-refractivity contribution in [3.05, 3.63) is 71.8 Å². The van der Waals surface area contributed by atoms with Crippen LogP contribution in [0.1, 0.15) is 30.0 Å². The molecule has 0 amide bonds. The van der Waals surface area contributed by atoms with Crippen molar-refractivity contribution in [2.75, 3.05) is 25.2 Å². The number of hydrogen-bond donors (Lipinski definition) is 1. The molecule has 0 saturated carbocycles. The summed E-state index contributed by atoms with van der Waals surface area (Å²) in [6.45, 7) is 0.899.